The summed E-state index contributed by atoms with van der Waals surface area (Å²) in [6, 6.07) is 0.393. The van der Waals surface area contributed by atoms with Crippen molar-refractivity contribution in [1.82, 2.24) is 5.01 Å². The van der Waals surface area contributed by atoms with Crippen LogP contribution in [-0.4, -0.2) is 50.6 Å². The second-order valence-corrected chi connectivity index (χ2v) is 5.30. The maximum absolute atomic E-state index is 11.2. The number of rotatable bonds is 7. The SMILES string of the molecule is COC[C@@H]1CCCN1/N=C/[C@@H](C)[C@@H](C)CC(=O)OC. The van der Waals surface area contributed by atoms with Gasteiger partial charge in [-0.3, -0.25) is 9.80 Å². The van der Waals surface area contributed by atoms with Gasteiger partial charge < -0.3 is 9.47 Å². The summed E-state index contributed by atoms with van der Waals surface area (Å²) in [5.74, 6) is 0.328. The van der Waals surface area contributed by atoms with E-state index in [9.17, 15) is 4.79 Å². The van der Waals surface area contributed by atoms with Crippen LogP contribution < -0.4 is 0 Å². The Morgan fingerprint density at radius 3 is 2.84 bits per heavy atom. The number of hydrogen-bond donors (Lipinski definition) is 0. The molecule has 5 heteroatoms. The molecule has 1 aliphatic rings. The monoisotopic (exact) mass is 270 g/mol. The second-order valence-electron chi connectivity index (χ2n) is 5.30. The molecule has 1 saturated heterocycles. The lowest BCUT2D eigenvalue weighted by atomic mass is 9.94. The Hall–Kier alpha value is -1.10. The van der Waals surface area contributed by atoms with Gasteiger partial charge in [-0.1, -0.05) is 13.8 Å². The van der Waals surface area contributed by atoms with Crippen molar-refractivity contribution >= 4 is 12.2 Å². The third-order valence-electron chi connectivity index (χ3n) is 3.77. The van der Waals surface area contributed by atoms with E-state index >= 15 is 0 Å². The highest BCUT2D eigenvalue weighted by Gasteiger charge is 2.23. The summed E-state index contributed by atoms with van der Waals surface area (Å²) in [5, 5.41) is 6.66. The van der Waals surface area contributed by atoms with Crippen molar-refractivity contribution in [3.05, 3.63) is 0 Å². The third-order valence-corrected chi connectivity index (χ3v) is 3.77. The molecule has 5 nitrogen and oxygen atoms in total. The van der Waals surface area contributed by atoms with Crippen molar-refractivity contribution < 1.29 is 14.3 Å². The number of hydrazone groups is 1. The highest BCUT2D eigenvalue weighted by molar-refractivity contribution is 5.70. The second kappa shape index (κ2) is 8.15. The van der Waals surface area contributed by atoms with Crippen LogP contribution in [0.2, 0.25) is 0 Å². The molecule has 110 valence electrons. The van der Waals surface area contributed by atoms with Gasteiger partial charge in [0.2, 0.25) is 0 Å². The van der Waals surface area contributed by atoms with Gasteiger partial charge in [0.1, 0.15) is 0 Å². The number of esters is 1. The minimum absolute atomic E-state index is 0.161. The number of carbonyl (C=O) groups excluding carboxylic acids is 1. The predicted octanol–water partition coefficient (Wildman–Crippen LogP) is 1.92. The van der Waals surface area contributed by atoms with Crippen LogP contribution in [0.1, 0.15) is 33.1 Å². The van der Waals surface area contributed by atoms with Gasteiger partial charge in [0.25, 0.3) is 0 Å². The first kappa shape index (κ1) is 16.0. The maximum atomic E-state index is 11.2. The summed E-state index contributed by atoms with van der Waals surface area (Å²) in [6.07, 6.45) is 4.68. The van der Waals surface area contributed by atoms with Crippen LogP contribution >= 0.6 is 0 Å². The minimum Gasteiger partial charge on any atom is -0.469 e. The Morgan fingerprint density at radius 1 is 1.47 bits per heavy atom. The Balaban J connectivity index is 2.43. The average Bonchev–Trinajstić information content (AvgIpc) is 2.83. The highest BCUT2D eigenvalue weighted by atomic mass is 16.5. The van der Waals surface area contributed by atoms with Crippen molar-refractivity contribution in [2.45, 2.75) is 39.2 Å². The quantitative estimate of drug-likeness (QED) is 0.524. The molecule has 1 heterocycles. The Labute approximate surface area is 115 Å². The van der Waals surface area contributed by atoms with E-state index in [1.165, 1.54) is 7.11 Å². The van der Waals surface area contributed by atoms with Crippen LogP contribution in [0.4, 0.5) is 0 Å². The van der Waals surface area contributed by atoms with E-state index in [1.54, 1.807) is 7.11 Å². The van der Waals surface area contributed by atoms with Gasteiger partial charge in [-0.2, -0.15) is 5.10 Å². The first-order chi connectivity index (χ1) is 9.08. The molecule has 0 aliphatic carbocycles. The standard InChI is InChI=1S/C14H26N2O3/c1-11(8-14(17)19-4)12(2)9-15-16-7-5-6-13(16)10-18-3/h9,11-13H,5-8,10H2,1-4H3/b15-9+/t11-,12+,13-/m0/s1. The fourth-order valence-corrected chi connectivity index (χ4v) is 2.20. The Kier molecular flexibility index (Phi) is 6.84. The molecule has 3 atom stereocenters. The van der Waals surface area contributed by atoms with Gasteiger partial charge in [0.05, 0.1) is 19.8 Å². The molecule has 19 heavy (non-hydrogen) atoms. The lowest BCUT2D eigenvalue weighted by molar-refractivity contribution is -0.141. The molecular formula is C14H26N2O3. The molecule has 0 radical (unpaired) electrons. The molecule has 0 saturated carbocycles. The van der Waals surface area contributed by atoms with E-state index in [1.807, 2.05) is 13.1 Å². The van der Waals surface area contributed by atoms with E-state index in [-0.39, 0.29) is 17.8 Å². The lowest BCUT2D eigenvalue weighted by Gasteiger charge is -2.22. The van der Waals surface area contributed by atoms with Gasteiger partial charge in [-0.15, -0.1) is 0 Å². The number of hydrogen-bond acceptors (Lipinski definition) is 5. The van der Waals surface area contributed by atoms with Crippen LogP contribution in [-0.2, 0) is 14.3 Å². The molecule has 1 aliphatic heterocycles. The summed E-state index contributed by atoms with van der Waals surface area (Å²) in [6.45, 7) is 5.84. The van der Waals surface area contributed by atoms with E-state index in [4.69, 9.17) is 4.74 Å². The van der Waals surface area contributed by atoms with Crippen LogP contribution in [0.15, 0.2) is 5.10 Å². The fourth-order valence-electron chi connectivity index (χ4n) is 2.20. The first-order valence-electron chi connectivity index (χ1n) is 6.95. The molecule has 0 unspecified atom stereocenters. The van der Waals surface area contributed by atoms with Gasteiger partial charge in [0.15, 0.2) is 0 Å². The normalized spacial score (nSPS) is 22.7. The van der Waals surface area contributed by atoms with E-state index < -0.39 is 0 Å². The van der Waals surface area contributed by atoms with Crippen LogP contribution in [0.3, 0.4) is 0 Å². The number of carbonyl (C=O) groups is 1. The van der Waals surface area contributed by atoms with E-state index in [2.05, 4.69) is 21.8 Å². The van der Waals surface area contributed by atoms with Gasteiger partial charge in [-0.05, 0) is 24.7 Å². The number of nitrogens with zero attached hydrogens (tertiary/aromatic N) is 2. The zero-order valence-electron chi connectivity index (χ0n) is 12.5. The van der Waals surface area contributed by atoms with Crippen molar-refractivity contribution in [3.63, 3.8) is 0 Å². The maximum Gasteiger partial charge on any atom is 0.305 e. The molecule has 1 rings (SSSR count). The molecule has 1 fully saturated rings. The lowest BCUT2D eigenvalue weighted by Crippen LogP contribution is -2.29. The highest BCUT2D eigenvalue weighted by Crippen LogP contribution is 2.19. The average molecular weight is 270 g/mol. The van der Waals surface area contributed by atoms with E-state index in [0.29, 0.717) is 12.5 Å². The summed E-state index contributed by atoms with van der Waals surface area (Å²) < 4.78 is 9.89. The molecular weight excluding hydrogens is 244 g/mol. The van der Waals surface area contributed by atoms with Gasteiger partial charge in [-0.25, -0.2) is 0 Å². The van der Waals surface area contributed by atoms with Crippen LogP contribution in [0.25, 0.3) is 0 Å². The summed E-state index contributed by atoms with van der Waals surface area (Å²) in [5.41, 5.74) is 0. The summed E-state index contributed by atoms with van der Waals surface area (Å²) in [7, 11) is 3.15. The summed E-state index contributed by atoms with van der Waals surface area (Å²) in [4.78, 5) is 11.2. The largest absolute Gasteiger partial charge is 0.469 e. The topological polar surface area (TPSA) is 51.1 Å². The molecule has 0 N–H and O–H groups in total. The molecule has 0 aromatic heterocycles. The molecule has 0 amide bonds. The predicted molar refractivity (Wildman–Crippen MR) is 75.1 cm³/mol. The van der Waals surface area contributed by atoms with Crippen LogP contribution in [0.5, 0.6) is 0 Å². The first-order valence-corrected chi connectivity index (χ1v) is 6.95. The zero-order chi connectivity index (χ0) is 14.3. The van der Waals surface area contributed by atoms with Crippen molar-refractivity contribution in [3.8, 4) is 0 Å². The van der Waals surface area contributed by atoms with Gasteiger partial charge >= 0.3 is 5.97 Å². The Morgan fingerprint density at radius 2 is 2.21 bits per heavy atom. The molecule has 0 aromatic rings. The summed E-state index contributed by atoms with van der Waals surface area (Å²) >= 11 is 0. The van der Waals surface area contributed by atoms with Crippen molar-refractivity contribution in [2.24, 2.45) is 16.9 Å². The van der Waals surface area contributed by atoms with E-state index in [0.717, 1.165) is 26.0 Å². The Bertz CT molecular complexity index is 307. The minimum atomic E-state index is -0.161. The number of methoxy groups -OCH3 is 2. The fraction of sp³-hybridized carbons (Fsp3) is 0.857. The zero-order valence-corrected chi connectivity index (χ0v) is 12.5. The third kappa shape index (κ3) is 5.19. The van der Waals surface area contributed by atoms with Crippen molar-refractivity contribution in [1.29, 1.82) is 0 Å². The van der Waals surface area contributed by atoms with Crippen molar-refractivity contribution in [2.75, 3.05) is 27.4 Å². The molecule has 0 aromatic carbocycles. The molecule has 0 bridgehead atoms. The molecule has 0 spiro atoms. The van der Waals surface area contributed by atoms with Gasteiger partial charge in [0, 0.05) is 26.3 Å². The number of ether oxygens (including phenoxy) is 2. The van der Waals surface area contributed by atoms with Crippen LogP contribution in [0, 0.1) is 11.8 Å². The smallest absolute Gasteiger partial charge is 0.305 e.